The highest BCUT2D eigenvalue weighted by Crippen LogP contribution is 2.12. The Morgan fingerprint density at radius 1 is 1.43 bits per heavy atom. The number of halogens is 1. The van der Waals surface area contributed by atoms with Gasteiger partial charge in [0.05, 0.1) is 6.61 Å². The van der Waals surface area contributed by atoms with Crippen molar-refractivity contribution in [3.63, 3.8) is 0 Å². The molecule has 0 saturated heterocycles. The quantitative estimate of drug-likeness (QED) is 0.505. The summed E-state index contributed by atoms with van der Waals surface area (Å²) in [4.78, 5) is 10.8. The largest absolute Gasteiger partial charge is 0.465 e. The van der Waals surface area contributed by atoms with Gasteiger partial charge in [0.15, 0.2) is 0 Å². The fourth-order valence-corrected chi connectivity index (χ4v) is 1.22. The molecule has 0 fully saturated rings. The lowest BCUT2D eigenvalue weighted by molar-refractivity contribution is -0.142. The van der Waals surface area contributed by atoms with Crippen LogP contribution < -0.4 is 0 Å². The van der Waals surface area contributed by atoms with E-state index in [1.54, 1.807) is 0 Å². The molecular weight excluding hydrogens is 220 g/mol. The standard InChI is InChI=1S/C10H19ClO2.H2S/c1-3-5-6-9(4-2)8-13-10(12)7-11;/h9H,3-8H2,1-2H3;1H2. The lowest BCUT2D eigenvalue weighted by Crippen LogP contribution is -2.14. The summed E-state index contributed by atoms with van der Waals surface area (Å²) in [7, 11) is 0. The maximum Gasteiger partial charge on any atom is 0.320 e. The summed E-state index contributed by atoms with van der Waals surface area (Å²) in [6, 6.07) is 0. The molecule has 0 aliphatic rings. The van der Waals surface area contributed by atoms with Crippen molar-refractivity contribution >= 4 is 31.1 Å². The average Bonchev–Trinajstić information content (AvgIpc) is 2.17. The van der Waals surface area contributed by atoms with Gasteiger partial charge in [0.25, 0.3) is 0 Å². The first-order valence-electron chi connectivity index (χ1n) is 4.96. The van der Waals surface area contributed by atoms with Gasteiger partial charge in [-0.2, -0.15) is 13.5 Å². The highest BCUT2D eigenvalue weighted by Gasteiger charge is 2.08. The van der Waals surface area contributed by atoms with Crippen LogP contribution in [-0.4, -0.2) is 18.5 Å². The molecule has 0 radical (unpaired) electrons. The molecule has 0 spiro atoms. The van der Waals surface area contributed by atoms with E-state index in [0.29, 0.717) is 12.5 Å². The summed E-state index contributed by atoms with van der Waals surface area (Å²) in [5.74, 6) is 0.160. The van der Waals surface area contributed by atoms with Crippen LogP contribution in [0.5, 0.6) is 0 Å². The second-order valence-electron chi connectivity index (χ2n) is 3.23. The van der Waals surface area contributed by atoms with Crippen molar-refractivity contribution in [3.05, 3.63) is 0 Å². The highest BCUT2D eigenvalue weighted by atomic mass is 35.5. The van der Waals surface area contributed by atoms with E-state index in [1.807, 2.05) is 0 Å². The summed E-state index contributed by atoms with van der Waals surface area (Å²) in [5, 5.41) is 0. The van der Waals surface area contributed by atoms with Gasteiger partial charge in [-0.3, -0.25) is 4.79 Å². The number of esters is 1. The SMILES string of the molecule is CCCCC(CC)COC(=O)CCl.S. The minimum atomic E-state index is -0.309. The molecule has 0 saturated carbocycles. The summed E-state index contributed by atoms with van der Waals surface area (Å²) in [5.41, 5.74) is 0. The van der Waals surface area contributed by atoms with Crippen LogP contribution in [-0.2, 0) is 9.53 Å². The zero-order valence-corrected chi connectivity index (χ0v) is 10.8. The summed E-state index contributed by atoms with van der Waals surface area (Å²) in [6.45, 7) is 4.81. The Morgan fingerprint density at radius 3 is 2.50 bits per heavy atom. The Labute approximate surface area is 98.8 Å². The van der Waals surface area contributed by atoms with Crippen molar-refractivity contribution in [1.82, 2.24) is 0 Å². The summed E-state index contributed by atoms with van der Waals surface area (Å²) in [6.07, 6.45) is 4.61. The minimum Gasteiger partial charge on any atom is -0.465 e. The van der Waals surface area contributed by atoms with Crippen LogP contribution in [0.1, 0.15) is 39.5 Å². The first kappa shape index (κ1) is 16.5. The van der Waals surface area contributed by atoms with Gasteiger partial charge in [0.1, 0.15) is 5.88 Å². The van der Waals surface area contributed by atoms with Gasteiger partial charge in [-0.25, -0.2) is 0 Å². The van der Waals surface area contributed by atoms with E-state index in [-0.39, 0.29) is 25.3 Å². The van der Waals surface area contributed by atoms with Crippen LogP contribution in [0.15, 0.2) is 0 Å². The lowest BCUT2D eigenvalue weighted by Gasteiger charge is -2.13. The maximum absolute atomic E-state index is 10.8. The number of alkyl halides is 1. The molecule has 0 bridgehead atoms. The van der Waals surface area contributed by atoms with Crippen molar-refractivity contribution in [1.29, 1.82) is 0 Å². The Kier molecular flexibility index (Phi) is 13.2. The molecule has 0 amide bonds. The third-order valence-corrected chi connectivity index (χ3v) is 2.35. The number of unbranched alkanes of at least 4 members (excludes halogenated alkanes) is 1. The van der Waals surface area contributed by atoms with Gasteiger partial charge >= 0.3 is 5.97 Å². The Balaban J connectivity index is 0. The van der Waals surface area contributed by atoms with E-state index >= 15 is 0 Å². The average molecular weight is 241 g/mol. The third-order valence-electron chi connectivity index (χ3n) is 2.13. The molecular formula is C10H21ClO2S. The summed E-state index contributed by atoms with van der Waals surface area (Å²) < 4.78 is 4.97. The topological polar surface area (TPSA) is 26.3 Å². The highest BCUT2D eigenvalue weighted by molar-refractivity contribution is 7.59. The molecule has 1 unspecified atom stereocenters. The number of ether oxygens (including phenoxy) is 1. The van der Waals surface area contributed by atoms with Crippen molar-refractivity contribution in [3.8, 4) is 0 Å². The van der Waals surface area contributed by atoms with Crippen molar-refractivity contribution in [2.45, 2.75) is 39.5 Å². The van der Waals surface area contributed by atoms with Crippen molar-refractivity contribution < 1.29 is 9.53 Å². The Hall–Kier alpha value is 0.110. The van der Waals surface area contributed by atoms with E-state index in [2.05, 4.69) is 13.8 Å². The zero-order valence-electron chi connectivity index (χ0n) is 9.01. The van der Waals surface area contributed by atoms with Gasteiger partial charge in [-0.1, -0.05) is 33.1 Å². The number of hydrogen-bond acceptors (Lipinski definition) is 2. The van der Waals surface area contributed by atoms with Gasteiger partial charge in [0, 0.05) is 0 Å². The molecule has 0 aliphatic carbocycles. The van der Waals surface area contributed by atoms with E-state index in [1.165, 1.54) is 12.8 Å². The van der Waals surface area contributed by atoms with Gasteiger partial charge in [-0.05, 0) is 12.3 Å². The van der Waals surface area contributed by atoms with Crippen molar-refractivity contribution in [2.24, 2.45) is 5.92 Å². The zero-order chi connectivity index (χ0) is 10.1. The van der Waals surface area contributed by atoms with Gasteiger partial charge in [0.2, 0.25) is 0 Å². The van der Waals surface area contributed by atoms with Gasteiger partial charge in [-0.15, -0.1) is 11.6 Å². The Bertz CT molecular complexity index is 142. The fourth-order valence-electron chi connectivity index (χ4n) is 1.15. The van der Waals surface area contributed by atoms with Crippen LogP contribution >= 0.6 is 25.1 Å². The lowest BCUT2D eigenvalue weighted by atomic mass is 10.0. The van der Waals surface area contributed by atoms with E-state index in [4.69, 9.17) is 16.3 Å². The summed E-state index contributed by atoms with van der Waals surface area (Å²) >= 11 is 5.31. The molecule has 0 aromatic heterocycles. The van der Waals surface area contributed by atoms with E-state index in [0.717, 1.165) is 12.8 Å². The molecule has 2 nitrogen and oxygen atoms in total. The predicted molar refractivity (Wildman–Crippen MR) is 65.4 cm³/mol. The molecule has 0 aromatic carbocycles. The van der Waals surface area contributed by atoms with Crippen LogP contribution in [0.4, 0.5) is 0 Å². The van der Waals surface area contributed by atoms with Crippen LogP contribution in [0.3, 0.4) is 0 Å². The first-order valence-corrected chi connectivity index (χ1v) is 5.49. The first-order chi connectivity index (χ1) is 6.24. The molecule has 1 atom stereocenters. The molecule has 0 aliphatic heterocycles. The molecule has 0 aromatic rings. The van der Waals surface area contributed by atoms with Crippen LogP contribution in [0, 0.1) is 5.92 Å². The normalized spacial score (nSPS) is 11.6. The van der Waals surface area contributed by atoms with Crippen LogP contribution in [0.2, 0.25) is 0 Å². The molecule has 4 heteroatoms. The second kappa shape index (κ2) is 11.2. The number of carbonyl (C=O) groups excluding carboxylic acids is 1. The van der Waals surface area contributed by atoms with Gasteiger partial charge < -0.3 is 4.74 Å². The number of rotatable bonds is 7. The van der Waals surface area contributed by atoms with E-state index < -0.39 is 0 Å². The molecule has 14 heavy (non-hydrogen) atoms. The smallest absolute Gasteiger partial charge is 0.320 e. The molecule has 86 valence electrons. The molecule has 0 rings (SSSR count). The molecule has 0 heterocycles. The Morgan fingerprint density at radius 2 is 2.07 bits per heavy atom. The van der Waals surface area contributed by atoms with Crippen LogP contribution in [0.25, 0.3) is 0 Å². The third kappa shape index (κ3) is 8.70. The van der Waals surface area contributed by atoms with Crippen molar-refractivity contribution in [2.75, 3.05) is 12.5 Å². The molecule has 0 N–H and O–H groups in total. The maximum atomic E-state index is 10.8. The minimum absolute atomic E-state index is 0. The number of hydrogen-bond donors (Lipinski definition) is 0. The second-order valence-corrected chi connectivity index (χ2v) is 3.50. The van der Waals surface area contributed by atoms with E-state index in [9.17, 15) is 4.79 Å². The predicted octanol–water partition coefficient (Wildman–Crippen LogP) is 3.10. The fraction of sp³-hybridized carbons (Fsp3) is 0.900. The number of carbonyl (C=O) groups is 1. The monoisotopic (exact) mass is 240 g/mol.